The van der Waals surface area contributed by atoms with E-state index in [-0.39, 0.29) is 11.6 Å². The summed E-state index contributed by atoms with van der Waals surface area (Å²) in [4.78, 5) is 15.7. The summed E-state index contributed by atoms with van der Waals surface area (Å²) in [6, 6.07) is 5.13. The van der Waals surface area contributed by atoms with Crippen LogP contribution in [0.1, 0.15) is 47.9 Å². The van der Waals surface area contributed by atoms with Crippen LogP contribution in [-0.2, 0) is 10.8 Å². The average molecular weight is 306 g/mol. The van der Waals surface area contributed by atoms with Crippen molar-refractivity contribution in [3.8, 4) is 0 Å². The summed E-state index contributed by atoms with van der Waals surface area (Å²) < 4.78 is 13.7. The number of carbonyl (C=O) groups is 1. The number of benzene rings is 1. The highest BCUT2D eigenvalue weighted by Gasteiger charge is 2.31. The molecule has 1 aliphatic carbocycles. The second kappa shape index (κ2) is 5.26. The standard InChI is InChI=1S/C15H18N2O3S/c1-9(8-21(2)20)17-13-6-5-11(15(18)19)7-12(13)16-14(17)10-3-4-10/h5-7,9-10H,3-4,8H2,1-2H3,(H,18,19). The number of carboxylic acid groups (broad SMARTS) is 1. The molecular formula is C15H18N2O3S. The summed E-state index contributed by atoms with van der Waals surface area (Å²) in [5.74, 6) is 1.09. The van der Waals surface area contributed by atoms with Crippen LogP contribution >= 0.6 is 0 Å². The smallest absolute Gasteiger partial charge is 0.335 e. The largest absolute Gasteiger partial charge is 0.478 e. The number of carboxylic acids is 1. The van der Waals surface area contributed by atoms with E-state index in [0.29, 0.717) is 17.2 Å². The summed E-state index contributed by atoms with van der Waals surface area (Å²) in [5, 5.41) is 9.10. The van der Waals surface area contributed by atoms with E-state index >= 15 is 0 Å². The third-order valence-electron chi connectivity index (χ3n) is 3.82. The SMILES string of the molecule is CC(CS(C)=O)n1c(C2CC2)nc2cc(C(=O)O)ccc21. The fraction of sp³-hybridized carbons (Fsp3) is 0.467. The maximum Gasteiger partial charge on any atom is 0.335 e. The molecule has 0 bridgehead atoms. The van der Waals surface area contributed by atoms with Crippen LogP contribution in [0.5, 0.6) is 0 Å². The van der Waals surface area contributed by atoms with Crippen LogP contribution in [0.4, 0.5) is 0 Å². The second-order valence-electron chi connectivity index (χ2n) is 5.71. The number of aromatic carboxylic acids is 1. The van der Waals surface area contributed by atoms with Crippen LogP contribution in [0.2, 0.25) is 0 Å². The molecule has 0 aliphatic heterocycles. The first-order valence-electron chi connectivity index (χ1n) is 7.02. The van der Waals surface area contributed by atoms with Gasteiger partial charge in [0, 0.05) is 34.8 Å². The van der Waals surface area contributed by atoms with Crippen molar-refractivity contribution < 1.29 is 14.1 Å². The van der Waals surface area contributed by atoms with Crippen LogP contribution in [0.15, 0.2) is 18.2 Å². The summed E-state index contributed by atoms with van der Waals surface area (Å²) in [7, 11) is -0.879. The van der Waals surface area contributed by atoms with Crippen molar-refractivity contribution in [2.45, 2.75) is 31.7 Å². The number of imidazole rings is 1. The van der Waals surface area contributed by atoms with Crippen LogP contribution in [0.25, 0.3) is 11.0 Å². The van der Waals surface area contributed by atoms with Crippen LogP contribution in [0.3, 0.4) is 0 Å². The Morgan fingerprint density at radius 1 is 1.52 bits per heavy atom. The highest BCUT2D eigenvalue weighted by Crippen LogP contribution is 2.42. The molecule has 1 aliphatic rings. The van der Waals surface area contributed by atoms with Crippen molar-refractivity contribution in [3.63, 3.8) is 0 Å². The third kappa shape index (κ3) is 2.72. The fourth-order valence-electron chi connectivity index (χ4n) is 2.76. The lowest BCUT2D eigenvalue weighted by Crippen LogP contribution is -2.15. The average Bonchev–Trinajstić information content (AvgIpc) is 3.17. The molecule has 1 fully saturated rings. The summed E-state index contributed by atoms with van der Waals surface area (Å²) in [6.07, 6.45) is 3.95. The van der Waals surface area contributed by atoms with Gasteiger partial charge in [-0.15, -0.1) is 0 Å². The molecule has 2 atom stereocenters. The van der Waals surface area contributed by atoms with Crippen LogP contribution in [-0.4, -0.2) is 36.8 Å². The van der Waals surface area contributed by atoms with Gasteiger partial charge in [0.05, 0.1) is 16.6 Å². The Balaban J connectivity index is 2.13. The number of fused-ring (bicyclic) bond motifs is 1. The van der Waals surface area contributed by atoms with Crippen LogP contribution < -0.4 is 0 Å². The highest BCUT2D eigenvalue weighted by molar-refractivity contribution is 7.84. The zero-order chi connectivity index (χ0) is 15.1. The number of aromatic nitrogens is 2. The Bertz CT molecular complexity index is 734. The predicted molar refractivity (Wildman–Crippen MR) is 82.3 cm³/mol. The van der Waals surface area contributed by atoms with Gasteiger partial charge in [-0.1, -0.05) is 0 Å². The molecule has 1 aromatic carbocycles. The van der Waals surface area contributed by atoms with Crippen molar-refractivity contribution >= 4 is 27.8 Å². The minimum Gasteiger partial charge on any atom is -0.478 e. The van der Waals surface area contributed by atoms with Gasteiger partial charge in [-0.05, 0) is 38.0 Å². The lowest BCUT2D eigenvalue weighted by Gasteiger charge is -2.16. The van der Waals surface area contributed by atoms with E-state index < -0.39 is 16.8 Å². The Morgan fingerprint density at radius 2 is 2.24 bits per heavy atom. The van der Waals surface area contributed by atoms with Gasteiger partial charge >= 0.3 is 5.97 Å². The first-order chi connectivity index (χ1) is 9.97. The molecule has 21 heavy (non-hydrogen) atoms. The first kappa shape index (κ1) is 14.3. The normalized spacial score (nSPS) is 17.8. The molecule has 0 saturated heterocycles. The van der Waals surface area contributed by atoms with Gasteiger partial charge in [-0.25, -0.2) is 9.78 Å². The van der Waals surface area contributed by atoms with E-state index in [1.165, 1.54) is 0 Å². The fourth-order valence-corrected chi connectivity index (χ4v) is 3.59. The van der Waals surface area contributed by atoms with E-state index in [0.717, 1.165) is 24.2 Å². The molecule has 0 amide bonds. The van der Waals surface area contributed by atoms with Crippen molar-refractivity contribution in [2.75, 3.05) is 12.0 Å². The second-order valence-corrected chi connectivity index (χ2v) is 7.19. The van der Waals surface area contributed by atoms with Gasteiger partial charge in [0.2, 0.25) is 0 Å². The van der Waals surface area contributed by atoms with E-state index in [1.807, 2.05) is 13.0 Å². The monoisotopic (exact) mass is 306 g/mol. The van der Waals surface area contributed by atoms with Crippen molar-refractivity contribution in [1.82, 2.24) is 9.55 Å². The van der Waals surface area contributed by atoms with E-state index in [2.05, 4.69) is 9.55 Å². The van der Waals surface area contributed by atoms with Gasteiger partial charge in [-0.2, -0.15) is 0 Å². The number of hydrogen-bond donors (Lipinski definition) is 1. The molecule has 0 radical (unpaired) electrons. The first-order valence-corrected chi connectivity index (χ1v) is 8.75. The Kier molecular flexibility index (Phi) is 3.57. The number of hydrogen-bond acceptors (Lipinski definition) is 3. The van der Waals surface area contributed by atoms with Gasteiger partial charge in [0.25, 0.3) is 0 Å². The van der Waals surface area contributed by atoms with E-state index in [9.17, 15) is 9.00 Å². The van der Waals surface area contributed by atoms with Gasteiger partial charge in [-0.3, -0.25) is 4.21 Å². The molecule has 1 saturated carbocycles. The molecule has 1 aromatic heterocycles. The molecule has 1 heterocycles. The molecule has 112 valence electrons. The minimum atomic E-state index is -0.942. The van der Waals surface area contributed by atoms with Gasteiger partial charge in [0.1, 0.15) is 5.82 Å². The topological polar surface area (TPSA) is 72.2 Å². The molecule has 1 N–H and O–H groups in total. The predicted octanol–water partition coefficient (Wildman–Crippen LogP) is 2.55. The molecular weight excluding hydrogens is 288 g/mol. The quantitative estimate of drug-likeness (QED) is 0.921. The molecule has 3 rings (SSSR count). The highest BCUT2D eigenvalue weighted by atomic mass is 32.2. The zero-order valence-electron chi connectivity index (χ0n) is 12.1. The summed E-state index contributed by atoms with van der Waals surface area (Å²) >= 11 is 0. The van der Waals surface area contributed by atoms with Crippen LogP contribution in [0, 0.1) is 0 Å². The summed E-state index contributed by atoms with van der Waals surface area (Å²) in [6.45, 7) is 2.04. The number of nitrogens with zero attached hydrogens (tertiary/aromatic N) is 2. The van der Waals surface area contributed by atoms with Gasteiger partial charge < -0.3 is 9.67 Å². The van der Waals surface area contributed by atoms with Crippen molar-refractivity contribution in [1.29, 1.82) is 0 Å². The molecule has 5 nitrogen and oxygen atoms in total. The summed E-state index contributed by atoms with van der Waals surface area (Å²) in [5.41, 5.74) is 1.90. The maximum atomic E-state index is 11.5. The van der Waals surface area contributed by atoms with Crippen molar-refractivity contribution in [3.05, 3.63) is 29.6 Å². The number of rotatable bonds is 5. The molecule has 2 aromatic rings. The Hall–Kier alpha value is -1.69. The molecule has 0 spiro atoms. The minimum absolute atomic E-state index is 0.0899. The van der Waals surface area contributed by atoms with Crippen molar-refractivity contribution in [2.24, 2.45) is 0 Å². The third-order valence-corrected chi connectivity index (χ3v) is 4.77. The molecule has 2 unspecified atom stereocenters. The van der Waals surface area contributed by atoms with E-state index in [1.54, 1.807) is 18.4 Å². The lowest BCUT2D eigenvalue weighted by atomic mass is 10.2. The Labute approximate surface area is 125 Å². The van der Waals surface area contributed by atoms with Gasteiger partial charge in [0.15, 0.2) is 0 Å². The zero-order valence-corrected chi connectivity index (χ0v) is 12.9. The lowest BCUT2D eigenvalue weighted by molar-refractivity contribution is 0.0697. The molecule has 6 heteroatoms. The van der Waals surface area contributed by atoms with E-state index in [4.69, 9.17) is 5.11 Å². The Morgan fingerprint density at radius 3 is 2.81 bits per heavy atom. The maximum absolute atomic E-state index is 11.5.